The lowest BCUT2D eigenvalue weighted by atomic mass is 10.1. The van der Waals surface area contributed by atoms with Gasteiger partial charge in [-0.25, -0.2) is 10.2 Å². The van der Waals surface area contributed by atoms with Gasteiger partial charge >= 0.3 is 5.97 Å². The first-order valence-corrected chi connectivity index (χ1v) is 8.39. The van der Waals surface area contributed by atoms with Crippen LogP contribution in [0.3, 0.4) is 0 Å². The predicted molar refractivity (Wildman–Crippen MR) is 97.0 cm³/mol. The van der Waals surface area contributed by atoms with E-state index in [1.54, 1.807) is 18.3 Å². The van der Waals surface area contributed by atoms with Gasteiger partial charge in [-0.3, -0.25) is 4.79 Å². The Morgan fingerprint density at radius 1 is 1.12 bits per heavy atom. The largest absolute Gasteiger partial charge is 0.489 e. The number of carbonyl (C=O) groups is 2. The van der Waals surface area contributed by atoms with Crippen LogP contribution < -0.4 is 10.2 Å². The van der Waals surface area contributed by atoms with Crippen LogP contribution in [0.15, 0.2) is 53.6 Å². The van der Waals surface area contributed by atoms with Gasteiger partial charge in [0.05, 0.1) is 18.9 Å². The molecule has 1 aliphatic carbocycles. The number of nitrogens with one attached hydrogen (secondary N) is 1. The molecule has 0 heterocycles. The number of methoxy groups -OCH3 is 1. The van der Waals surface area contributed by atoms with Crippen molar-refractivity contribution in [2.24, 2.45) is 11.0 Å². The topological polar surface area (TPSA) is 77.0 Å². The average molecular weight is 352 g/mol. The molecule has 0 radical (unpaired) electrons. The van der Waals surface area contributed by atoms with E-state index in [-0.39, 0.29) is 17.8 Å². The molecule has 0 atom stereocenters. The molecule has 2 aromatic carbocycles. The van der Waals surface area contributed by atoms with Crippen LogP contribution in [0.4, 0.5) is 0 Å². The first-order valence-electron chi connectivity index (χ1n) is 8.39. The van der Waals surface area contributed by atoms with Gasteiger partial charge in [0.2, 0.25) is 5.91 Å². The van der Waals surface area contributed by atoms with Crippen LogP contribution in [0.5, 0.6) is 5.75 Å². The number of nitrogens with zero attached hydrogens (tertiary/aromatic N) is 1. The van der Waals surface area contributed by atoms with Crippen LogP contribution >= 0.6 is 0 Å². The number of rotatable bonds is 7. The summed E-state index contributed by atoms with van der Waals surface area (Å²) in [4.78, 5) is 22.9. The van der Waals surface area contributed by atoms with Crippen molar-refractivity contribution < 1.29 is 19.1 Å². The summed E-state index contributed by atoms with van der Waals surface area (Å²) in [5.74, 6) is 0.494. The molecule has 1 N–H and O–H groups in total. The first kappa shape index (κ1) is 17.7. The van der Waals surface area contributed by atoms with Gasteiger partial charge in [0.1, 0.15) is 12.4 Å². The summed E-state index contributed by atoms with van der Waals surface area (Å²) in [7, 11) is 1.36. The van der Waals surface area contributed by atoms with Crippen molar-refractivity contribution in [3.05, 3.63) is 65.2 Å². The lowest BCUT2D eigenvalue weighted by Gasteiger charge is -2.07. The van der Waals surface area contributed by atoms with E-state index in [1.165, 1.54) is 7.11 Å². The zero-order valence-electron chi connectivity index (χ0n) is 14.5. The number of esters is 1. The lowest BCUT2D eigenvalue weighted by Crippen LogP contribution is -2.18. The number of hydrogen-bond donors (Lipinski definition) is 1. The molecule has 1 aliphatic rings. The van der Waals surface area contributed by atoms with Crippen LogP contribution in [0.2, 0.25) is 0 Å². The Hall–Kier alpha value is -3.15. The molecule has 1 saturated carbocycles. The highest BCUT2D eigenvalue weighted by atomic mass is 16.5. The van der Waals surface area contributed by atoms with Gasteiger partial charge in [-0.15, -0.1) is 0 Å². The van der Waals surface area contributed by atoms with Crippen molar-refractivity contribution in [3.8, 4) is 5.75 Å². The molecule has 0 spiro atoms. The van der Waals surface area contributed by atoms with Crippen molar-refractivity contribution in [2.45, 2.75) is 19.4 Å². The Balaban J connectivity index is 1.48. The van der Waals surface area contributed by atoms with Crippen molar-refractivity contribution in [1.29, 1.82) is 0 Å². The molecule has 0 unspecified atom stereocenters. The fourth-order valence-corrected chi connectivity index (χ4v) is 2.28. The Morgan fingerprint density at radius 2 is 1.81 bits per heavy atom. The smallest absolute Gasteiger partial charge is 0.337 e. The summed E-state index contributed by atoms with van der Waals surface area (Å²) < 4.78 is 10.4. The highest BCUT2D eigenvalue weighted by molar-refractivity contribution is 5.89. The van der Waals surface area contributed by atoms with E-state index in [4.69, 9.17) is 4.74 Å². The van der Waals surface area contributed by atoms with Gasteiger partial charge < -0.3 is 9.47 Å². The Morgan fingerprint density at radius 3 is 2.42 bits per heavy atom. The molecule has 3 rings (SSSR count). The van der Waals surface area contributed by atoms with Crippen LogP contribution in [-0.4, -0.2) is 25.2 Å². The highest BCUT2D eigenvalue weighted by Gasteiger charge is 2.29. The summed E-state index contributed by atoms with van der Waals surface area (Å²) in [6.07, 6.45) is 3.52. The second-order valence-electron chi connectivity index (χ2n) is 6.05. The maximum atomic E-state index is 11.5. The standard InChI is InChI=1S/C20H20N2O4/c1-25-20(24)17-6-2-15(3-7-17)13-26-18-10-4-14(5-11-18)12-21-22-19(23)16-8-9-16/h2-7,10-12,16H,8-9,13H2,1H3,(H,22,23)/b21-12+. The molecule has 1 fully saturated rings. The van der Waals surface area contributed by atoms with Gasteiger partial charge in [-0.1, -0.05) is 12.1 Å². The first-order chi connectivity index (χ1) is 12.7. The third-order valence-electron chi connectivity index (χ3n) is 4.00. The zero-order chi connectivity index (χ0) is 18.4. The SMILES string of the molecule is COC(=O)c1ccc(COc2ccc(/C=N/NC(=O)C3CC3)cc2)cc1. The van der Waals surface area contributed by atoms with Crippen molar-refractivity contribution in [1.82, 2.24) is 5.43 Å². The van der Waals surface area contributed by atoms with E-state index in [2.05, 4.69) is 15.3 Å². The number of hydrazone groups is 1. The van der Waals surface area contributed by atoms with Crippen LogP contribution in [-0.2, 0) is 16.1 Å². The maximum absolute atomic E-state index is 11.5. The van der Waals surface area contributed by atoms with Gasteiger partial charge in [0.15, 0.2) is 0 Å². The van der Waals surface area contributed by atoms with E-state index < -0.39 is 0 Å². The third-order valence-corrected chi connectivity index (χ3v) is 4.00. The number of hydrogen-bond acceptors (Lipinski definition) is 5. The van der Waals surface area contributed by atoms with Gasteiger partial charge in [-0.2, -0.15) is 5.10 Å². The van der Waals surface area contributed by atoms with E-state index in [1.807, 2.05) is 36.4 Å². The molecule has 0 bridgehead atoms. The third kappa shape index (κ3) is 4.92. The average Bonchev–Trinajstić information content (AvgIpc) is 3.52. The zero-order valence-corrected chi connectivity index (χ0v) is 14.5. The van der Waals surface area contributed by atoms with E-state index >= 15 is 0 Å². The fraction of sp³-hybridized carbons (Fsp3) is 0.250. The summed E-state index contributed by atoms with van der Waals surface area (Å²) in [5, 5.41) is 3.95. The maximum Gasteiger partial charge on any atom is 0.337 e. The lowest BCUT2D eigenvalue weighted by molar-refractivity contribution is -0.122. The van der Waals surface area contributed by atoms with E-state index in [0.717, 1.165) is 29.7 Å². The summed E-state index contributed by atoms with van der Waals surface area (Å²) in [6, 6.07) is 14.5. The van der Waals surface area contributed by atoms with Gasteiger partial charge in [-0.05, 0) is 60.4 Å². The van der Waals surface area contributed by atoms with E-state index in [9.17, 15) is 9.59 Å². The number of amides is 1. The molecule has 0 aromatic heterocycles. The molecule has 0 saturated heterocycles. The molecular formula is C20H20N2O4. The van der Waals surface area contributed by atoms with E-state index in [0.29, 0.717) is 12.2 Å². The molecule has 6 heteroatoms. The number of benzene rings is 2. The van der Waals surface area contributed by atoms with Crippen LogP contribution in [0.1, 0.15) is 34.3 Å². The number of carbonyl (C=O) groups excluding carboxylic acids is 2. The monoisotopic (exact) mass is 352 g/mol. The minimum absolute atomic E-state index is 0.0144. The molecule has 2 aromatic rings. The number of ether oxygens (including phenoxy) is 2. The predicted octanol–water partition coefficient (Wildman–Crippen LogP) is 2.91. The summed E-state index contributed by atoms with van der Waals surface area (Å²) in [5.41, 5.74) is 4.87. The molecule has 6 nitrogen and oxygen atoms in total. The molecule has 26 heavy (non-hydrogen) atoms. The Kier molecular flexibility index (Phi) is 5.63. The molecule has 1 amide bonds. The van der Waals surface area contributed by atoms with Gasteiger partial charge in [0, 0.05) is 5.92 Å². The van der Waals surface area contributed by atoms with Crippen molar-refractivity contribution >= 4 is 18.1 Å². The minimum Gasteiger partial charge on any atom is -0.489 e. The van der Waals surface area contributed by atoms with Crippen molar-refractivity contribution in [3.63, 3.8) is 0 Å². The summed E-state index contributed by atoms with van der Waals surface area (Å²) >= 11 is 0. The highest BCUT2D eigenvalue weighted by Crippen LogP contribution is 2.28. The fourth-order valence-electron chi connectivity index (χ4n) is 2.28. The Bertz CT molecular complexity index is 794. The molecule has 0 aliphatic heterocycles. The van der Waals surface area contributed by atoms with Crippen molar-refractivity contribution in [2.75, 3.05) is 7.11 Å². The normalized spacial score (nSPS) is 13.4. The quantitative estimate of drug-likeness (QED) is 0.472. The summed E-state index contributed by atoms with van der Waals surface area (Å²) in [6.45, 7) is 0.395. The van der Waals surface area contributed by atoms with Crippen LogP contribution in [0, 0.1) is 5.92 Å². The second-order valence-corrected chi connectivity index (χ2v) is 6.05. The second kappa shape index (κ2) is 8.29. The molecular weight excluding hydrogens is 332 g/mol. The minimum atomic E-state index is -0.358. The van der Waals surface area contributed by atoms with Crippen LogP contribution in [0.25, 0.3) is 0 Å². The Labute approximate surface area is 151 Å². The van der Waals surface area contributed by atoms with Gasteiger partial charge in [0.25, 0.3) is 0 Å². The molecule has 134 valence electrons.